The highest BCUT2D eigenvalue weighted by atomic mass is 15.1. The van der Waals surface area contributed by atoms with E-state index in [9.17, 15) is 0 Å². The molecule has 40 heavy (non-hydrogen) atoms. The van der Waals surface area contributed by atoms with Crippen LogP contribution in [0.3, 0.4) is 0 Å². The maximum Gasteiger partial charge on any atom is 0.138 e. The number of aryl methyl sites for hydroxylation is 1. The minimum absolute atomic E-state index is 0.906. The Morgan fingerprint density at radius 1 is 0.675 bits per heavy atom. The average molecular weight is 514 g/mol. The first-order valence-electron chi connectivity index (χ1n) is 13.8. The monoisotopic (exact) mass is 513 g/mol. The van der Waals surface area contributed by atoms with Crippen LogP contribution in [0.15, 0.2) is 128 Å². The van der Waals surface area contributed by atoms with E-state index in [1.807, 2.05) is 6.20 Å². The molecular formula is C37H27N3. The summed E-state index contributed by atoms with van der Waals surface area (Å²) in [6, 6.07) is 36.7. The van der Waals surface area contributed by atoms with E-state index in [-0.39, 0.29) is 0 Å². The second kappa shape index (κ2) is 8.96. The molecule has 0 aliphatic heterocycles. The molecule has 0 spiro atoms. The van der Waals surface area contributed by atoms with Crippen molar-refractivity contribution in [1.82, 2.24) is 14.1 Å². The van der Waals surface area contributed by atoms with E-state index in [0.29, 0.717) is 0 Å². The van der Waals surface area contributed by atoms with Gasteiger partial charge >= 0.3 is 0 Å². The Balaban J connectivity index is 1.54. The van der Waals surface area contributed by atoms with E-state index >= 15 is 0 Å². The molecule has 1 aliphatic rings. The van der Waals surface area contributed by atoms with Crippen molar-refractivity contribution in [2.75, 3.05) is 0 Å². The number of fused-ring (bicyclic) bond motifs is 7. The van der Waals surface area contributed by atoms with E-state index in [4.69, 9.17) is 4.98 Å². The van der Waals surface area contributed by atoms with Gasteiger partial charge in [-0.15, -0.1) is 0 Å². The minimum Gasteiger partial charge on any atom is -0.309 e. The van der Waals surface area contributed by atoms with Crippen LogP contribution >= 0.6 is 0 Å². The smallest absolute Gasteiger partial charge is 0.138 e. The van der Waals surface area contributed by atoms with Crippen molar-refractivity contribution in [3.8, 4) is 22.6 Å². The Morgan fingerprint density at radius 2 is 1.45 bits per heavy atom. The zero-order chi connectivity index (χ0) is 26.6. The van der Waals surface area contributed by atoms with Crippen molar-refractivity contribution in [2.24, 2.45) is 0 Å². The fourth-order valence-corrected chi connectivity index (χ4v) is 6.43. The molecule has 8 rings (SSSR count). The molecule has 3 heteroatoms. The van der Waals surface area contributed by atoms with Crippen LogP contribution in [0.4, 0.5) is 0 Å². The fourth-order valence-electron chi connectivity index (χ4n) is 6.43. The first kappa shape index (κ1) is 22.8. The predicted molar refractivity (Wildman–Crippen MR) is 167 cm³/mol. The number of allylic oxidation sites excluding steroid dienone is 3. The lowest BCUT2D eigenvalue weighted by Crippen LogP contribution is -2.00. The molecule has 0 saturated carbocycles. The maximum atomic E-state index is 4.92. The van der Waals surface area contributed by atoms with E-state index in [1.165, 1.54) is 55.3 Å². The molecule has 0 fully saturated rings. The quantitative estimate of drug-likeness (QED) is 0.231. The van der Waals surface area contributed by atoms with Gasteiger partial charge in [-0.1, -0.05) is 85.0 Å². The van der Waals surface area contributed by atoms with Crippen LogP contribution in [-0.2, 0) is 6.42 Å². The largest absolute Gasteiger partial charge is 0.309 e. The van der Waals surface area contributed by atoms with Gasteiger partial charge in [0, 0.05) is 28.0 Å². The molecule has 3 aromatic heterocycles. The number of benzene rings is 4. The summed E-state index contributed by atoms with van der Waals surface area (Å²) in [6.07, 6.45) is 11.7. The van der Waals surface area contributed by atoms with Gasteiger partial charge in [0.05, 0.1) is 22.2 Å². The zero-order valence-corrected chi connectivity index (χ0v) is 22.3. The van der Waals surface area contributed by atoms with Gasteiger partial charge in [0.1, 0.15) is 5.82 Å². The Hall–Kier alpha value is -5.15. The predicted octanol–water partition coefficient (Wildman–Crippen LogP) is 9.22. The number of hydrogen-bond donors (Lipinski definition) is 0. The molecular weight excluding hydrogens is 486 g/mol. The molecule has 0 saturated heterocycles. The van der Waals surface area contributed by atoms with Gasteiger partial charge in [0.15, 0.2) is 0 Å². The third-order valence-electron chi connectivity index (χ3n) is 8.12. The molecule has 7 aromatic rings. The summed E-state index contributed by atoms with van der Waals surface area (Å²) in [5.41, 5.74) is 11.0. The Bertz CT molecular complexity index is 2120. The first-order valence-corrected chi connectivity index (χ1v) is 13.8. The van der Waals surface area contributed by atoms with Crippen molar-refractivity contribution in [2.45, 2.75) is 13.3 Å². The summed E-state index contributed by atoms with van der Waals surface area (Å²) < 4.78 is 4.82. The van der Waals surface area contributed by atoms with Gasteiger partial charge in [-0.2, -0.15) is 0 Å². The molecule has 3 heterocycles. The van der Waals surface area contributed by atoms with Gasteiger partial charge in [0.2, 0.25) is 0 Å². The number of rotatable bonds is 3. The Labute approximate surface area is 233 Å². The minimum atomic E-state index is 0.906. The summed E-state index contributed by atoms with van der Waals surface area (Å²) in [4.78, 5) is 4.92. The van der Waals surface area contributed by atoms with E-state index in [1.54, 1.807) is 0 Å². The van der Waals surface area contributed by atoms with Crippen LogP contribution in [0.2, 0.25) is 0 Å². The fraction of sp³-hybridized carbons (Fsp3) is 0.0541. The van der Waals surface area contributed by atoms with Crippen LogP contribution < -0.4 is 0 Å². The number of nitrogens with zero attached hydrogens (tertiary/aromatic N) is 3. The summed E-state index contributed by atoms with van der Waals surface area (Å²) in [5, 5.41) is 3.82. The number of aromatic nitrogens is 3. The van der Waals surface area contributed by atoms with Crippen molar-refractivity contribution in [3.05, 3.63) is 144 Å². The van der Waals surface area contributed by atoms with Crippen LogP contribution in [-0.4, -0.2) is 14.1 Å². The maximum absolute atomic E-state index is 4.92. The van der Waals surface area contributed by atoms with Gasteiger partial charge in [0.25, 0.3) is 0 Å². The zero-order valence-electron chi connectivity index (χ0n) is 22.3. The van der Waals surface area contributed by atoms with Gasteiger partial charge < -0.3 is 4.57 Å². The summed E-state index contributed by atoms with van der Waals surface area (Å²) >= 11 is 0. The topological polar surface area (TPSA) is 22.8 Å². The molecule has 0 bridgehead atoms. The second-order valence-corrected chi connectivity index (χ2v) is 10.5. The first-order chi connectivity index (χ1) is 19.8. The lowest BCUT2D eigenvalue weighted by Gasteiger charge is -2.12. The van der Waals surface area contributed by atoms with Crippen molar-refractivity contribution in [3.63, 3.8) is 0 Å². The SMILES string of the molecule is Cc1cc2c3c(n(-c4ccccc4)c2c2c4ccccc4n(-c4cc(-c5ccccc5)ccn4)c12)C=CC=CC3. The van der Waals surface area contributed by atoms with Crippen LogP contribution in [0.1, 0.15) is 16.8 Å². The number of pyridine rings is 1. The molecule has 3 nitrogen and oxygen atoms in total. The van der Waals surface area contributed by atoms with Gasteiger partial charge in [-0.3, -0.25) is 4.57 Å². The van der Waals surface area contributed by atoms with Crippen LogP contribution in [0.5, 0.6) is 0 Å². The third kappa shape index (κ3) is 3.34. The lowest BCUT2D eigenvalue weighted by atomic mass is 10.0. The van der Waals surface area contributed by atoms with Crippen LogP contribution in [0.25, 0.3) is 61.4 Å². The van der Waals surface area contributed by atoms with E-state index < -0.39 is 0 Å². The summed E-state index contributed by atoms with van der Waals surface area (Å²) in [7, 11) is 0. The molecule has 0 atom stereocenters. The van der Waals surface area contributed by atoms with Gasteiger partial charge in [-0.25, -0.2) is 4.98 Å². The Kier molecular flexibility index (Phi) is 5.11. The summed E-state index contributed by atoms with van der Waals surface area (Å²) in [6.45, 7) is 2.24. The van der Waals surface area contributed by atoms with Crippen molar-refractivity contribution in [1.29, 1.82) is 0 Å². The van der Waals surface area contributed by atoms with Crippen molar-refractivity contribution >= 4 is 38.8 Å². The molecule has 1 aliphatic carbocycles. The van der Waals surface area contributed by atoms with Gasteiger partial charge in [-0.05, 0) is 78.1 Å². The normalized spacial score (nSPS) is 12.8. The molecule has 190 valence electrons. The highest BCUT2D eigenvalue weighted by molar-refractivity contribution is 6.22. The highest BCUT2D eigenvalue weighted by Crippen LogP contribution is 2.43. The number of hydrogen-bond acceptors (Lipinski definition) is 1. The second-order valence-electron chi connectivity index (χ2n) is 10.5. The van der Waals surface area contributed by atoms with Crippen LogP contribution in [0, 0.1) is 6.92 Å². The molecule has 0 radical (unpaired) electrons. The van der Waals surface area contributed by atoms with E-state index in [0.717, 1.165) is 23.3 Å². The summed E-state index contributed by atoms with van der Waals surface area (Å²) in [5.74, 6) is 0.928. The molecule has 0 amide bonds. The third-order valence-corrected chi connectivity index (χ3v) is 8.12. The lowest BCUT2D eigenvalue weighted by molar-refractivity contribution is 1.07. The molecule has 0 unspecified atom stereocenters. The highest BCUT2D eigenvalue weighted by Gasteiger charge is 2.24. The average Bonchev–Trinajstić information content (AvgIpc) is 3.39. The molecule has 4 aromatic carbocycles. The Morgan fingerprint density at radius 3 is 2.30 bits per heavy atom. The standard InChI is InChI=1S/C37H27N3/c1-25-23-31-29-17-9-4-10-19-32(29)39(28-15-7-3-8-16-28)37(31)35-30-18-11-12-20-33(30)40(36(25)35)34-24-27(21-22-38-34)26-13-5-2-6-14-26/h2-16,18-24H,17H2,1H3. The van der Waals surface area contributed by atoms with E-state index in [2.05, 4.69) is 143 Å². The van der Waals surface area contributed by atoms with Crippen molar-refractivity contribution < 1.29 is 0 Å². The molecule has 0 N–H and O–H groups in total. The number of para-hydroxylation sites is 2.